The lowest BCUT2D eigenvalue weighted by atomic mass is 10.1. The third kappa shape index (κ3) is 4.72. The van der Waals surface area contributed by atoms with Crippen LogP contribution in [0.2, 0.25) is 0 Å². The smallest absolute Gasteiger partial charge is 0.454 e. The van der Waals surface area contributed by atoms with Gasteiger partial charge in [-0.2, -0.15) is 11.8 Å². The Bertz CT molecular complexity index is 888. The van der Waals surface area contributed by atoms with Gasteiger partial charge in [0.2, 0.25) is 6.79 Å². The zero-order valence-corrected chi connectivity index (χ0v) is 16.1. The summed E-state index contributed by atoms with van der Waals surface area (Å²) < 4.78 is 51.5. The van der Waals surface area contributed by atoms with Gasteiger partial charge in [0.05, 0.1) is 0 Å². The topological polar surface area (TPSA) is 48.0 Å². The minimum absolute atomic E-state index is 0.199. The average Bonchev–Trinajstić information content (AvgIpc) is 3.01. The summed E-state index contributed by atoms with van der Waals surface area (Å²) in [6, 6.07) is 10.9. The maximum atomic E-state index is 12.8. The van der Waals surface area contributed by atoms with Gasteiger partial charge in [-0.15, -0.1) is 13.2 Å². The molecule has 2 aromatic rings. The number of thioether (sulfide) groups is 1. The van der Waals surface area contributed by atoms with Crippen molar-refractivity contribution in [3.8, 4) is 17.2 Å². The van der Waals surface area contributed by atoms with E-state index in [2.05, 4.69) is 4.74 Å². The van der Waals surface area contributed by atoms with Crippen molar-refractivity contribution in [2.24, 2.45) is 0 Å². The molecule has 0 bridgehead atoms. The van der Waals surface area contributed by atoms with E-state index in [0.29, 0.717) is 18.7 Å². The Labute approximate surface area is 169 Å². The first-order chi connectivity index (χ1) is 13.9. The molecule has 4 rings (SSSR count). The summed E-state index contributed by atoms with van der Waals surface area (Å²) in [5, 5.41) is 0.227. The maximum Gasteiger partial charge on any atom is 0.573 e. The molecule has 0 aliphatic carbocycles. The summed E-state index contributed by atoms with van der Waals surface area (Å²) >= 11 is 1.77. The van der Waals surface area contributed by atoms with Gasteiger partial charge < -0.3 is 19.1 Å². The van der Waals surface area contributed by atoms with E-state index in [-0.39, 0.29) is 23.7 Å². The number of ether oxygens (including phenoxy) is 3. The number of carbonyl (C=O) groups excluding carboxylic acids is 1. The van der Waals surface area contributed by atoms with Crippen LogP contribution in [0.3, 0.4) is 0 Å². The lowest BCUT2D eigenvalue weighted by Gasteiger charge is -2.20. The van der Waals surface area contributed by atoms with E-state index in [1.165, 1.54) is 12.1 Å². The van der Waals surface area contributed by atoms with E-state index >= 15 is 0 Å². The highest BCUT2D eigenvalue weighted by Gasteiger charge is 2.31. The molecular formula is C20H18F3NO4S. The van der Waals surface area contributed by atoms with Crippen LogP contribution in [-0.4, -0.2) is 42.8 Å². The highest BCUT2D eigenvalue weighted by atomic mass is 32.2. The van der Waals surface area contributed by atoms with Crippen molar-refractivity contribution in [1.29, 1.82) is 0 Å². The molecule has 2 aromatic carbocycles. The van der Waals surface area contributed by atoms with Crippen LogP contribution in [0.15, 0.2) is 42.5 Å². The zero-order chi connectivity index (χ0) is 20.4. The molecule has 0 saturated carbocycles. The van der Waals surface area contributed by atoms with E-state index in [9.17, 15) is 18.0 Å². The number of rotatable bonds is 3. The predicted molar refractivity (Wildman–Crippen MR) is 101 cm³/mol. The predicted octanol–water partition coefficient (Wildman–Crippen LogP) is 4.63. The lowest BCUT2D eigenvalue weighted by molar-refractivity contribution is -0.274. The van der Waals surface area contributed by atoms with Gasteiger partial charge in [0.1, 0.15) is 5.75 Å². The maximum absolute atomic E-state index is 12.8. The zero-order valence-electron chi connectivity index (χ0n) is 15.3. The second kappa shape index (κ2) is 8.06. The van der Waals surface area contributed by atoms with Crippen LogP contribution in [0.4, 0.5) is 13.2 Å². The Hall–Kier alpha value is -2.55. The molecule has 1 fully saturated rings. The highest BCUT2D eigenvalue weighted by molar-refractivity contribution is 7.99. The number of carbonyl (C=O) groups is 1. The Morgan fingerprint density at radius 2 is 1.83 bits per heavy atom. The largest absolute Gasteiger partial charge is 0.573 e. The molecule has 1 atom stereocenters. The van der Waals surface area contributed by atoms with Gasteiger partial charge in [0.25, 0.3) is 5.91 Å². The van der Waals surface area contributed by atoms with Crippen molar-refractivity contribution in [3.05, 3.63) is 53.6 Å². The first-order valence-corrected chi connectivity index (χ1v) is 10.1. The monoisotopic (exact) mass is 425 g/mol. The third-order valence-electron chi connectivity index (χ3n) is 4.73. The fraction of sp³-hybridized carbons (Fsp3) is 0.350. The first kappa shape index (κ1) is 19.8. The fourth-order valence-corrected chi connectivity index (χ4v) is 4.56. The number of fused-ring (bicyclic) bond motifs is 1. The summed E-state index contributed by atoms with van der Waals surface area (Å²) in [6.07, 6.45) is -3.98. The number of halogens is 3. The molecule has 9 heteroatoms. The summed E-state index contributed by atoms with van der Waals surface area (Å²) in [6.45, 7) is 1.36. The van der Waals surface area contributed by atoms with Gasteiger partial charge in [-0.05, 0) is 48.4 Å². The molecule has 0 radical (unpaired) electrons. The summed E-state index contributed by atoms with van der Waals surface area (Å²) in [5.41, 5.74) is 1.47. The summed E-state index contributed by atoms with van der Waals surface area (Å²) in [7, 11) is 0. The molecule has 0 spiro atoms. The second-order valence-corrected chi connectivity index (χ2v) is 7.94. The van der Waals surface area contributed by atoms with Gasteiger partial charge in [-0.3, -0.25) is 4.79 Å². The molecular weight excluding hydrogens is 407 g/mol. The van der Waals surface area contributed by atoms with Crippen molar-refractivity contribution in [2.75, 3.05) is 25.6 Å². The molecule has 2 aliphatic rings. The van der Waals surface area contributed by atoms with Gasteiger partial charge in [0.15, 0.2) is 11.5 Å². The van der Waals surface area contributed by atoms with Gasteiger partial charge >= 0.3 is 6.36 Å². The van der Waals surface area contributed by atoms with Crippen molar-refractivity contribution in [3.63, 3.8) is 0 Å². The number of nitrogens with zero attached hydrogens (tertiary/aromatic N) is 1. The standard InChI is InChI=1S/C20H18F3NO4S/c21-20(22,23)28-15-4-1-13(2-5-15)19(25)24-8-7-18(29-10-9-24)14-3-6-16-17(11-14)27-12-26-16/h1-6,11,18H,7-10,12H2. The van der Waals surface area contributed by atoms with Crippen molar-refractivity contribution < 1.29 is 32.2 Å². The van der Waals surface area contributed by atoms with Crippen LogP contribution < -0.4 is 14.2 Å². The SMILES string of the molecule is O=C(c1ccc(OC(F)(F)F)cc1)N1CCSC(c2ccc3c(c2)OCO3)CC1. The molecule has 2 aliphatic heterocycles. The Kier molecular flexibility index (Phi) is 5.49. The minimum atomic E-state index is -4.75. The quantitative estimate of drug-likeness (QED) is 0.718. The van der Waals surface area contributed by atoms with Gasteiger partial charge in [-0.1, -0.05) is 6.07 Å². The minimum Gasteiger partial charge on any atom is -0.454 e. The number of benzene rings is 2. The van der Waals surface area contributed by atoms with E-state index in [4.69, 9.17) is 9.47 Å². The van der Waals surface area contributed by atoms with Gasteiger partial charge in [0, 0.05) is 29.7 Å². The molecule has 1 unspecified atom stereocenters. The van der Waals surface area contributed by atoms with E-state index in [1.807, 2.05) is 18.2 Å². The van der Waals surface area contributed by atoms with Crippen LogP contribution >= 0.6 is 11.8 Å². The number of hydrogen-bond donors (Lipinski definition) is 0. The second-order valence-electron chi connectivity index (χ2n) is 6.63. The lowest BCUT2D eigenvalue weighted by Crippen LogP contribution is -2.32. The normalized spacial score (nSPS) is 19.0. The van der Waals surface area contributed by atoms with Crippen LogP contribution in [0.25, 0.3) is 0 Å². The summed E-state index contributed by atoms with van der Waals surface area (Å²) in [5.74, 6) is 1.70. The molecule has 0 N–H and O–H groups in total. The van der Waals surface area contributed by atoms with Crippen LogP contribution in [0.1, 0.15) is 27.6 Å². The molecule has 154 valence electrons. The Morgan fingerprint density at radius 1 is 1.07 bits per heavy atom. The Morgan fingerprint density at radius 3 is 2.59 bits per heavy atom. The van der Waals surface area contributed by atoms with E-state index < -0.39 is 6.36 Å². The highest BCUT2D eigenvalue weighted by Crippen LogP contribution is 2.40. The first-order valence-electron chi connectivity index (χ1n) is 9.05. The molecule has 0 aromatic heterocycles. The van der Waals surface area contributed by atoms with Crippen LogP contribution in [-0.2, 0) is 0 Å². The third-order valence-corrected chi connectivity index (χ3v) is 6.06. The number of alkyl halides is 3. The average molecular weight is 425 g/mol. The van der Waals surface area contributed by atoms with E-state index in [0.717, 1.165) is 41.4 Å². The van der Waals surface area contributed by atoms with Crippen LogP contribution in [0, 0.1) is 0 Å². The molecule has 5 nitrogen and oxygen atoms in total. The van der Waals surface area contributed by atoms with Crippen molar-refractivity contribution in [2.45, 2.75) is 18.0 Å². The van der Waals surface area contributed by atoms with Crippen molar-refractivity contribution in [1.82, 2.24) is 4.90 Å². The molecule has 2 heterocycles. The molecule has 1 amide bonds. The van der Waals surface area contributed by atoms with Crippen molar-refractivity contribution >= 4 is 17.7 Å². The summed E-state index contributed by atoms with van der Waals surface area (Å²) in [4.78, 5) is 14.5. The fourth-order valence-electron chi connectivity index (χ4n) is 3.33. The Balaban J connectivity index is 1.39. The number of amides is 1. The molecule has 1 saturated heterocycles. The van der Waals surface area contributed by atoms with Gasteiger partial charge in [-0.25, -0.2) is 0 Å². The van der Waals surface area contributed by atoms with Crippen LogP contribution in [0.5, 0.6) is 17.2 Å². The van der Waals surface area contributed by atoms with E-state index in [1.54, 1.807) is 16.7 Å². The number of hydrogen-bond acceptors (Lipinski definition) is 5. The molecule has 29 heavy (non-hydrogen) atoms.